The SMILES string of the molecule is [CH2]c1ccc(/C(N)=N/C(=O)OCc2ccccc2)cc1. The average molecular weight is 267 g/mol. The number of aliphatic imine (C=N–C) groups is 1. The van der Waals surface area contributed by atoms with E-state index in [-0.39, 0.29) is 12.4 Å². The van der Waals surface area contributed by atoms with Crippen LogP contribution in [0.2, 0.25) is 0 Å². The minimum atomic E-state index is -0.704. The number of benzene rings is 2. The maximum atomic E-state index is 11.6. The van der Waals surface area contributed by atoms with Gasteiger partial charge in [0, 0.05) is 5.56 Å². The Labute approximate surface area is 117 Å². The van der Waals surface area contributed by atoms with E-state index >= 15 is 0 Å². The van der Waals surface area contributed by atoms with E-state index in [1.807, 2.05) is 30.3 Å². The van der Waals surface area contributed by atoms with E-state index in [4.69, 9.17) is 10.5 Å². The van der Waals surface area contributed by atoms with Gasteiger partial charge in [-0.3, -0.25) is 0 Å². The second kappa shape index (κ2) is 6.52. The normalized spacial score (nSPS) is 11.2. The molecule has 0 fully saturated rings. The molecule has 2 aromatic rings. The van der Waals surface area contributed by atoms with Crippen LogP contribution in [0.5, 0.6) is 0 Å². The molecule has 0 atom stereocenters. The zero-order chi connectivity index (χ0) is 14.4. The summed E-state index contributed by atoms with van der Waals surface area (Å²) in [6.45, 7) is 3.95. The highest BCUT2D eigenvalue weighted by molar-refractivity contribution is 6.02. The van der Waals surface area contributed by atoms with E-state index in [0.717, 1.165) is 11.1 Å². The van der Waals surface area contributed by atoms with E-state index in [0.29, 0.717) is 5.56 Å². The van der Waals surface area contributed by atoms with Crippen molar-refractivity contribution in [2.24, 2.45) is 10.7 Å². The fourth-order valence-electron chi connectivity index (χ4n) is 1.59. The van der Waals surface area contributed by atoms with Gasteiger partial charge in [0.15, 0.2) is 0 Å². The lowest BCUT2D eigenvalue weighted by atomic mass is 10.1. The Morgan fingerprint density at radius 3 is 2.40 bits per heavy atom. The fourth-order valence-corrected chi connectivity index (χ4v) is 1.59. The average Bonchev–Trinajstić information content (AvgIpc) is 2.47. The quantitative estimate of drug-likeness (QED) is 0.687. The van der Waals surface area contributed by atoms with E-state index in [9.17, 15) is 4.79 Å². The number of ether oxygens (including phenoxy) is 1. The largest absolute Gasteiger partial charge is 0.443 e. The molecule has 0 unspecified atom stereocenters. The lowest BCUT2D eigenvalue weighted by Gasteiger charge is -2.03. The summed E-state index contributed by atoms with van der Waals surface area (Å²) in [5, 5.41) is 0. The second-order valence-electron chi connectivity index (χ2n) is 4.23. The molecular weight excluding hydrogens is 252 g/mol. The Bertz CT molecular complexity index is 604. The molecule has 0 aliphatic heterocycles. The first kappa shape index (κ1) is 13.8. The van der Waals surface area contributed by atoms with Gasteiger partial charge in [-0.2, -0.15) is 4.99 Å². The van der Waals surface area contributed by atoms with Crippen molar-refractivity contribution in [2.75, 3.05) is 0 Å². The molecular formula is C16H15N2O2. The van der Waals surface area contributed by atoms with Crippen LogP contribution >= 0.6 is 0 Å². The number of hydrogen-bond donors (Lipinski definition) is 1. The van der Waals surface area contributed by atoms with Crippen LogP contribution in [0.1, 0.15) is 16.7 Å². The van der Waals surface area contributed by atoms with Crippen LogP contribution in [0.3, 0.4) is 0 Å². The minimum absolute atomic E-state index is 0.128. The molecule has 1 radical (unpaired) electrons. The number of carbonyl (C=O) groups excluding carboxylic acids is 1. The third-order valence-corrected chi connectivity index (χ3v) is 2.67. The van der Waals surface area contributed by atoms with Gasteiger partial charge in [0.2, 0.25) is 0 Å². The first-order valence-corrected chi connectivity index (χ1v) is 6.12. The summed E-state index contributed by atoms with van der Waals surface area (Å²) in [7, 11) is 0. The standard InChI is InChI=1S/C16H15N2O2/c1-12-7-9-14(10-8-12)15(17)18-16(19)20-11-13-5-3-2-4-6-13/h2-10H,1,11H2,(H2,17,18,19). The van der Waals surface area contributed by atoms with Crippen LogP contribution in [0.4, 0.5) is 4.79 Å². The molecule has 0 aliphatic rings. The maximum absolute atomic E-state index is 11.6. The molecule has 2 N–H and O–H groups in total. The van der Waals surface area contributed by atoms with E-state index in [1.165, 1.54) is 0 Å². The number of nitrogens with two attached hydrogens (primary N) is 1. The minimum Gasteiger partial charge on any atom is -0.443 e. The topological polar surface area (TPSA) is 64.7 Å². The van der Waals surface area contributed by atoms with E-state index < -0.39 is 6.09 Å². The molecule has 20 heavy (non-hydrogen) atoms. The predicted octanol–water partition coefficient (Wildman–Crippen LogP) is 2.91. The number of rotatable bonds is 3. The number of nitrogens with zero attached hydrogens (tertiary/aromatic N) is 1. The first-order valence-electron chi connectivity index (χ1n) is 6.12. The molecule has 0 saturated carbocycles. The Balaban J connectivity index is 1.96. The molecule has 0 bridgehead atoms. The molecule has 2 aromatic carbocycles. The van der Waals surface area contributed by atoms with Crippen LogP contribution in [0.25, 0.3) is 0 Å². The summed E-state index contributed by atoms with van der Waals surface area (Å²) >= 11 is 0. The number of amidine groups is 1. The van der Waals surface area contributed by atoms with Crippen molar-refractivity contribution in [2.45, 2.75) is 6.61 Å². The smallest absolute Gasteiger partial charge is 0.435 e. The summed E-state index contributed by atoms with van der Waals surface area (Å²) in [5.41, 5.74) is 8.17. The summed E-state index contributed by atoms with van der Waals surface area (Å²) in [4.78, 5) is 15.3. The lowest BCUT2D eigenvalue weighted by molar-refractivity contribution is 0.151. The summed E-state index contributed by atoms with van der Waals surface area (Å²) < 4.78 is 5.03. The van der Waals surface area contributed by atoms with Gasteiger partial charge in [-0.05, 0) is 18.1 Å². The van der Waals surface area contributed by atoms with Gasteiger partial charge in [0.25, 0.3) is 0 Å². The van der Waals surface area contributed by atoms with Gasteiger partial charge in [0.1, 0.15) is 12.4 Å². The third-order valence-electron chi connectivity index (χ3n) is 2.67. The number of amides is 1. The number of hydrogen-bond acceptors (Lipinski definition) is 2. The molecule has 0 aromatic heterocycles. The van der Waals surface area contributed by atoms with Crippen molar-refractivity contribution in [3.63, 3.8) is 0 Å². The van der Waals surface area contributed by atoms with Gasteiger partial charge in [-0.1, -0.05) is 54.6 Å². The van der Waals surface area contributed by atoms with Crippen LogP contribution in [0.15, 0.2) is 59.6 Å². The summed E-state index contributed by atoms with van der Waals surface area (Å²) in [6, 6.07) is 16.5. The van der Waals surface area contributed by atoms with E-state index in [1.54, 1.807) is 24.3 Å². The van der Waals surface area contributed by atoms with Gasteiger partial charge >= 0.3 is 6.09 Å². The zero-order valence-corrected chi connectivity index (χ0v) is 11.0. The monoisotopic (exact) mass is 267 g/mol. The third kappa shape index (κ3) is 3.95. The first-order chi connectivity index (χ1) is 9.65. The molecule has 0 heterocycles. The summed E-state index contributed by atoms with van der Waals surface area (Å²) in [6.07, 6.45) is -0.704. The van der Waals surface area contributed by atoms with Crippen molar-refractivity contribution >= 4 is 11.9 Å². The van der Waals surface area contributed by atoms with Crippen molar-refractivity contribution in [1.29, 1.82) is 0 Å². The lowest BCUT2D eigenvalue weighted by Crippen LogP contribution is -2.16. The Kier molecular flexibility index (Phi) is 4.50. The van der Waals surface area contributed by atoms with Crippen molar-refractivity contribution in [3.8, 4) is 0 Å². The van der Waals surface area contributed by atoms with Gasteiger partial charge in [-0.15, -0.1) is 0 Å². The van der Waals surface area contributed by atoms with Crippen LogP contribution in [-0.4, -0.2) is 11.9 Å². The Hall–Kier alpha value is -2.62. The van der Waals surface area contributed by atoms with Crippen LogP contribution in [-0.2, 0) is 11.3 Å². The Morgan fingerprint density at radius 2 is 1.75 bits per heavy atom. The van der Waals surface area contributed by atoms with Gasteiger partial charge < -0.3 is 10.5 Å². The highest BCUT2D eigenvalue weighted by Crippen LogP contribution is 2.04. The Morgan fingerprint density at radius 1 is 1.10 bits per heavy atom. The molecule has 2 rings (SSSR count). The molecule has 4 nitrogen and oxygen atoms in total. The molecule has 4 heteroatoms. The summed E-state index contributed by atoms with van der Waals surface area (Å²) in [5.74, 6) is 0.128. The van der Waals surface area contributed by atoms with Crippen LogP contribution in [0, 0.1) is 6.92 Å². The van der Waals surface area contributed by atoms with Crippen molar-refractivity contribution < 1.29 is 9.53 Å². The highest BCUT2D eigenvalue weighted by Gasteiger charge is 2.04. The van der Waals surface area contributed by atoms with E-state index in [2.05, 4.69) is 11.9 Å². The van der Waals surface area contributed by atoms with Gasteiger partial charge in [-0.25, -0.2) is 4.79 Å². The molecule has 0 saturated heterocycles. The fraction of sp³-hybridized carbons (Fsp3) is 0.0625. The highest BCUT2D eigenvalue weighted by atomic mass is 16.5. The zero-order valence-electron chi connectivity index (χ0n) is 11.0. The predicted molar refractivity (Wildman–Crippen MR) is 78.3 cm³/mol. The molecule has 1 amide bonds. The van der Waals surface area contributed by atoms with Crippen molar-refractivity contribution in [3.05, 3.63) is 78.2 Å². The van der Waals surface area contributed by atoms with Crippen molar-refractivity contribution in [1.82, 2.24) is 0 Å². The molecule has 101 valence electrons. The molecule has 0 spiro atoms. The van der Waals surface area contributed by atoms with Crippen LogP contribution < -0.4 is 5.73 Å². The molecule has 0 aliphatic carbocycles. The second-order valence-corrected chi connectivity index (χ2v) is 4.23. The maximum Gasteiger partial charge on any atom is 0.435 e. The number of carbonyl (C=O) groups is 1. The van der Waals surface area contributed by atoms with Gasteiger partial charge in [0.05, 0.1) is 0 Å².